The quantitative estimate of drug-likeness (QED) is 0.734. The zero-order valence-corrected chi connectivity index (χ0v) is 7.86. The van der Waals surface area contributed by atoms with E-state index in [1.807, 2.05) is 5.10 Å². The fourth-order valence-electron chi connectivity index (χ4n) is 1.19. The van der Waals surface area contributed by atoms with Crippen LogP contribution in [-0.2, 0) is 13.2 Å². The Balaban J connectivity index is 2.67. The van der Waals surface area contributed by atoms with Crippen molar-refractivity contribution in [3.8, 4) is 5.69 Å². The van der Waals surface area contributed by atoms with Crippen LogP contribution >= 0.6 is 0 Å². The minimum Gasteiger partial charge on any atom is -0.273 e. The zero-order valence-electron chi connectivity index (χ0n) is 7.86. The average Bonchev–Trinajstić information content (AvgIpc) is 2.70. The van der Waals surface area contributed by atoms with Gasteiger partial charge < -0.3 is 0 Å². The third-order valence-corrected chi connectivity index (χ3v) is 1.78. The van der Waals surface area contributed by atoms with Crippen molar-refractivity contribution in [1.82, 2.24) is 30.0 Å². The summed E-state index contributed by atoms with van der Waals surface area (Å²) in [7, 11) is 1.31. The van der Waals surface area contributed by atoms with E-state index in [4.69, 9.17) is 0 Å². The van der Waals surface area contributed by atoms with Crippen molar-refractivity contribution in [2.45, 2.75) is 6.18 Å². The van der Waals surface area contributed by atoms with E-state index in [1.165, 1.54) is 7.05 Å². The number of aryl methyl sites for hydroxylation is 1. The molecule has 2 rings (SSSR count). The van der Waals surface area contributed by atoms with Gasteiger partial charge in [-0.05, 0) is 10.4 Å². The Labute approximate surface area is 85.5 Å². The number of rotatable bonds is 1. The molecule has 0 saturated heterocycles. The molecule has 1 N–H and O–H groups in total. The molecule has 0 radical (unpaired) electrons. The van der Waals surface area contributed by atoms with Crippen LogP contribution in [0.15, 0.2) is 11.0 Å². The number of nitrogens with one attached hydrogen (secondary N) is 1. The predicted molar refractivity (Wildman–Crippen MR) is 43.7 cm³/mol. The number of aromatic nitrogens is 6. The Hall–Kier alpha value is -2.13. The lowest BCUT2D eigenvalue weighted by molar-refractivity contribution is -0.141. The monoisotopic (exact) mass is 234 g/mol. The van der Waals surface area contributed by atoms with E-state index in [9.17, 15) is 18.0 Å². The second kappa shape index (κ2) is 3.18. The molecule has 0 aliphatic heterocycles. The molecule has 2 aromatic rings. The van der Waals surface area contributed by atoms with E-state index in [0.29, 0.717) is 4.68 Å². The van der Waals surface area contributed by atoms with Gasteiger partial charge in [0, 0.05) is 7.05 Å². The normalized spacial score (nSPS) is 12.0. The second-order valence-electron chi connectivity index (χ2n) is 2.95. The van der Waals surface area contributed by atoms with Gasteiger partial charge in [-0.1, -0.05) is 0 Å². The third kappa shape index (κ3) is 1.57. The van der Waals surface area contributed by atoms with Gasteiger partial charge in [0.05, 0.1) is 6.20 Å². The Morgan fingerprint density at radius 1 is 1.44 bits per heavy atom. The molecule has 0 aliphatic rings. The number of alkyl halides is 3. The van der Waals surface area contributed by atoms with Crippen molar-refractivity contribution in [3.63, 3.8) is 0 Å². The largest absolute Gasteiger partial charge is 0.437 e. The highest BCUT2D eigenvalue weighted by molar-refractivity contribution is 5.34. The molecule has 0 amide bonds. The fourth-order valence-corrected chi connectivity index (χ4v) is 1.19. The van der Waals surface area contributed by atoms with Crippen LogP contribution in [0.4, 0.5) is 13.2 Å². The van der Waals surface area contributed by atoms with Gasteiger partial charge in [-0.2, -0.15) is 23.0 Å². The van der Waals surface area contributed by atoms with E-state index < -0.39 is 23.2 Å². The van der Waals surface area contributed by atoms with E-state index in [1.54, 1.807) is 0 Å². The van der Waals surface area contributed by atoms with E-state index in [2.05, 4.69) is 15.5 Å². The maximum absolute atomic E-state index is 12.5. The van der Waals surface area contributed by atoms with Crippen molar-refractivity contribution in [3.05, 3.63) is 22.4 Å². The maximum atomic E-state index is 12.5. The van der Waals surface area contributed by atoms with E-state index in [-0.39, 0.29) is 0 Å². The van der Waals surface area contributed by atoms with Crippen LogP contribution in [0.1, 0.15) is 5.69 Å². The maximum Gasteiger partial charge on any atom is 0.437 e. The summed E-state index contributed by atoms with van der Waals surface area (Å²) >= 11 is 0. The Morgan fingerprint density at radius 3 is 2.62 bits per heavy atom. The smallest absolute Gasteiger partial charge is 0.273 e. The van der Waals surface area contributed by atoms with Gasteiger partial charge >= 0.3 is 11.9 Å². The van der Waals surface area contributed by atoms with Crippen molar-refractivity contribution >= 4 is 0 Å². The minimum absolute atomic E-state index is 0.464. The number of nitrogens with zero attached hydrogens (tertiary/aromatic N) is 5. The molecular weight excluding hydrogens is 229 g/mol. The van der Waals surface area contributed by atoms with Crippen molar-refractivity contribution < 1.29 is 13.2 Å². The molecule has 0 fully saturated rings. The standard InChI is InChI=1S/C6H5F3N6O/c1-14-2-3(4(11-14)6(7,8)9)15-5(16)10-12-13-15/h2H,1H3,(H,10,13,16). The lowest BCUT2D eigenvalue weighted by atomic mass is 10.3. The first kappa shape index (κ1) is 10.4. The summed E-state index contributed by atoms with van der Waals surface area (Å²) in [5, 5.41) is 11.4. The first-order chi connectivity index (χ1) is 7.39. The van der Waals surface area contributed by atoms with E-state index in [0.717, 1.165) is 10.9 Å². The van der Waals surface area contributed by atoms with Crippen LogP contribution in [-0.4, -0.2) is 30.0 Å². The number of hydrogen-bond donors (Lipinski definition) is 1. The SMILES string of the molecule is Cn1cc(-n2nn[nH]c2=O)c(C(F)(F)F)n1. The van der Waals surface area contributed by atoms with Gasteiger partial charge in [-0.25, -0.2) is 9.89 Å². The Bertz CT molecular complexity index is 563. The minimum atomic E-state index is -4.66. The van der Waals surface area contributed by atoms with Crippen LogP contribution < -0.4 is 5.69 Å². The second-order valence-corrected chi connectivity index (χ2v) is 2.95. The lowest BCUT2D eigenvalue weighted by Gasteiger charge is -2.03. The predicted octanol–water partition coefficient (Wildman–Crippen LogP) is -0.292. The first-order valence-electron chi connectivity index (χ1n) is 4.01. The van der Waals surface area contributed by atoms with Gasteiger partial charge in [-0.3, -0.25) is 4.68 Å². The molecule has 0 spiro atoms. The van der Waals surface area contributed by atoms with Gasteiger partial charge in [0.1, 0.15) is 5.69 Å². The summed E-state index contributed by atoms with van der Waals surface area (Å²) < 4.78 is 39.0. The third-order valence-electron chi connectivity index (χ3n) is 1.78. The summed E-state index contributed by atoms with van der Waals surface area (Å²) in [4.78, 5) is 11.1. The van der Waals surface area contributed by atoms with Gasteiger partial charge in [0.25, 0.3) is 0 Å². The number of halogens is 3. The summed E-state index contributed by atoms with van der Waals surface area (Å²) in [6.07, 6.45) is -3.62. The zero-order chi connectivity index (χ0) is 11.9. The lowest BCUT2D eigenvalue weighted by Crippen LogP contribution is -2.19. The summed E-state index contributed by atoms with van der Waals surface area (Å²) in [6.45, 7) is 0. The molecule has 0 atom stereocenters. The number of aromatic amines is 1. The molecule has 7 nitrogen and oxygen atoms in total. The Kier molecular flexibility index (Phi) is 2.07. The molecule has 86 valence electrons. The average molecular weight is 234 g/mol. The topological polar surface area (TPSA) is 81.4 Å². The molecule has 10 heteroatoms. The summed E-state index contributed by atoms with van der Waals surface area (Å²) in [5.74, 6) is 0. The molecule has 2 aromatic heterocycles. The summed E-state index contributed by atoms with van der Waals surface area (Å²) in [5.41, 5.74) is -2.52. The van der Waals surface area contributed by atoms with Gasteiger partial charge in [-0.15, -0.1) is 0 Å². The molecule has 0 unspecified atom stereocenters. The molecule has 0 aromatic carbocycles. The molecule has 16 heavy (non-hydrogen) atoms. The van der Waals surface area contributed by atoms with Crippen LogP contribution in [0.5, 0.6) is 0 Å². The van der Waals surface area contributed by atoms with Crippen LogP contribution in [0.3, 0.4) is 0 Å². The van der Waals surface area contributed by atoms with E-state index >= 15 is 0 Å². The molecule has 0 bridgehead atoms. The first-order valence-corrected chi connectivity index (χ1v) is 4.01. The highest BCUT2D eigenvalue weighted by Crippen LogP contribution is 2.31. The molecule has 0 aliphatic carbocycles. The Morgan fingerprint density at radius 2 is 2.12 bits per heavy atom. The fraction of sp³-hybridized carbons (Fsp3) is 0.333. The van der Waals surface area contributed by atoms with Crippen molar-refractivity contribution in [2.75, 3.05) is 0 Å². The van der Waals surface area contributed by atoms with Crippen LogP contribution in [0, 0.1) is 0 Å². The van der Waals surface area contributed by atoms with Crippen LogP contribution in [0.2, 0.25) is 0 Å². The van der Waals surface area contributed by atoms with Gasteiger partial charge in [0.2, 0.25) is 0 Å². The molecular formula is C6H5F3N6O. The van der Waals surface area contributed by atoms with Crippen molar-refractivity contribution in [1.29, 1.82) is 0 Å². The number of tetrazole rings is 1. The van der Waals surface area contributed by atoms with Crippen molar-refractivity contribution in [2.24, 2.45) is 7.05 Å². The highest BCUT2D eigenvalue weighted by atomic mass is 19.4. The van der Waals surface area contributed by atoms with Gasteiger partial charge in [0.15, 0.2) is 5.69 Å². The highest BCUT2D eigenvalue weighted by Gasteiger charge is 2.38. The van der Waals surface area contributed by atoms with Crippen LogP contribution in [0.25, 0.3) is 5.69 Å². The number of hydrogen-bond acceptors (Lipinski definition) is 4. The summed E-state index contributed by atoms with van der Waals surface area (Å²) in [6, 6.07) is 0. The number of H-pyrrole nitrogens is 1. The molecule has 2 heterocycles. The molecule has 0 saturated carbocycles.